The molecule has 2 rings (SSSR count). The van der Waals surface area contributed by atoms with Crippen LogP contribution in [0.1, 0.15) is 27.2 Å². The molecule has 1 N–H and O–H groups in total. The lowest BCUT2D eigenvalue weighted by Crippen LogP contribution is -2.48. The number of quaternary nitrogens is 1. The van der Waals surface area contributed by atoms with Crippen molar-refractivity contribution >= 4 is 17.7 Å². The van der Waals surface area contributed by atoms with Crippen molar-refractivity contribution in [3.8, 4) is 0 Å². The van der Waals surface area contributed by atoms with Gasteiger partial charge in [0.25, 0.3) is 0 Å². The smallest absolute Gasteiger partial charge is 0.408 e. The van der Waals surface area contributed by atoms with Crippen LogP contribution < -0.4 is 9.96 Å². The van der Waals surface area contributed by atoms with E-state index in [4.69, 9.17) is 4.74 Å². The number of amides is 2. The Labute approximate surface area is 123 Å². The van der Waals surface area contributed by atoms with Gasteiger partial charge in [0.2, 0.25) is 6.10 Å². The summed E-state index contributed by atoms with van der Waals surface area (Å²) in [6.07, 6.45) is 1.38. The summed E-state index contributed by atoms with van der Waals surface area (Å²) in [5, 5.41) is 15.2. The van der Waals surface area contributed by atoms with Gasteiger partial charge in [-0.15, -0.1) is 0 Å². The number of rotatable bonds is 2. The monoisotopic (exact) mass is 293 g/mol. The maximum atomic E-state index is 12.6. The largest absolute Gasteiger partial charge is 0.620 e. The predicted octanol–water partition coefficient (Wildman–Crippen LogP) is 1.71. The Balaban J connectivity index is 2.07. The van der Waals surface area contributed by atoms with E-state index in [1.54, 1.807) is 32.9 Å². The number of pyridine rings is 1. The van der Waals surface area contributed by atoms with Gasteiger partial charge in [0.1, 0.15) is 0 Å². The summed E-state index contributed by atoms with van der Waals surface area (Å²) >= 11 is 0. The second kappa shape index (κ2) is 5.42. The molecule has 21 heavy (non-hydrogen) atoms. The number of nitrogens with zero attached hydrogens (tertiary/aromatic N) is 2. The van der Waals surface area contributed by atoms with Gasteiger partial charge in [0, 0.05) is 24.2 Å². The zero-order valence-corrected chi connectivity index (χ0v) is 12.3. The first kappa shape index (κ1) is 15.4. The van der Waals surface area contributed by atoms with E-state index in [1.807, 2.05) is 0 Å². The minimum atomic E-state index is -1.14. The maximum absolute atomic E-state index is 12.6. The Morgan fingerprint density at radius 1 is 1.52 bits per heavy atom. The molecule has 0 aliphatic carbocycles. The highest BCUT2D eigenvalue weighted by Gasteiger charge is 2.46. The summed E-state index contributed by atoms with van der Waals surface area (Å²) in [4.78, 5) is 27.8. The summed E-state index contributed by atoms with van der Waals surface area (Å²) in [6, 6.07) is 3.15. The lowest BCUT2D eigenvalue weighted by Gasteiger charge is -2.34. The number of alkyl carbamates (subject to hydrolysis) is 1. The number of nitrogens with one attached hydrogen (secondary N) is 1. The molecule has 114 valence electrons. The van der Waals surface area contributed by atoms with Crippen molar-refractivity contribution in [1.82, 2.24) is 14.9 Å². The molecule has 7 nitrogen and oxygen atoms in total. The molecular formula is C14H19N3O4. The van der Waals surface area contributed by atoms with Gasteiger partial charge in [0.05, 0.1) is 12.7 Å². The minimum absolute atomic E-state index is 0.0397. The van der Waals surface area contributed by atoms with E-state index >= 15 is 0 Å². The third kappa shape index (κ3) is 3.37. The molecule has 0 aromatic carbocycles. The Morgan fingerprint density at radius 2 is 2.24 bits per heavy atom. The third-order valence-electron chi connectivity index (χ3n) is 3.13. The number of carbonyl (C=O) groups is 2. The first-order chi connectivity index (χ1) is 9.72. The van der Waals surface area contributed by atoms with Crippen LogP contribution in [-0.2, 0) is 9.53 Å². The van der Waals surface area contributed by atoms with Crippen molar-refractivity contribution < 1.29 is 14.3 Å². The van der Waals surface area contributed by atoms with Gasteiger partial charge in [0.15, 0.2) is 5.69 Å². The maximum Gasteiger partial charge on any atom is 0.408 e. The van der Waals surface area contributed by atoms with Crippen LogP contribution >= 0.6 is 0 Å². The SMILES string of the molecule is CC(C)(C)NC(=O)OC1CC[N+]([O-])(c2cccnc2)C1=O. The Kier molecular flexibility index (Phi) is 3.97. The van der Waals surface area contributed by atoms with Gasteiger partial charge in [-0.2, -0.15) is 0 Å². The van der Waals surface area contributed by atoms with Crippen LogP contribution in [0.15, 0.2) is 24.5 Å². The van der Waals surface area contributed by atoms with E-state index in [1.165, 1.54) is 12.4 Å². The third-order valence-corrected chi connectivity index (χ3v) is 3.13. The van der Waals surface area contributed by atoms with Crippen molar-refractivity contribution in [2.24, 2.45) is 0 Å². The number of carbonyl (C=O) groups excluding carboxylic acids is 2. The summed E-state index contributed by atoms with van der Waals surface area (Å²) in [7, 11) is 0. The zero-order chi connectivity index (χ0) is 15.7. The highest BCUT2D eigenvalue weighted by atomic mass is 16.6. The quantitative estimate of drug-likeness (QED) is 0.662. The lowest BCUT2D eigenvalue weighted by atomic mass is 10.1. The van der Waals surface area contributed by atoms with E-state index in [2.05, 4.69) is 10.3 Å². The molecule has 0 saturated carbocycles. The molecule has 7 heteroatoms. The van der Waals surface area contributed by atoms with E-state index in [0.29, 0.717) is 0 Å². The van der Waals surface area contributed by atoms with Crippen LogP contribution in [0.4, 0.5) is 10.5 Å². The molecule has 1 saturated heterocycles. The van der Waals surface area contributed by atoms with E-state index in [-0.39, 0.29) is 18.7 Å². The highest BCUT2D eigenvalue weighted by molar-refractivity contribution is 5.95. The standard InChI is InChI=1S/C14H19N3O4/c1-14(2,3)16-13(19)21-11-6-8-17(20,12(11)18)10-5-4-7-15-9-10/h4-5,7,9,11H,6,8H2,1-3H3,(H,16,19). The molecule has 1 aromatic heterocycles. The average molecular weight is 293 g/mol. The van der Waals surface area contributed by atoms with Crippen molar-refractivity contribution in [2.75, 3.05) is 6.54 Å². The second-order valence-electron chi connectivity index (χ2n) is 6.07. The molecule has 0 spiro atoms. The summed E-state index contributed by atoms with van der Waals surface area (Å²) in [5.74, 6) is -0.674. The molecule has 2 atom stereocenters. The fourth-order valence-corrected chi connectivity index (χ4v) is 2.16. The highest BCUT2D eigenvalue weighted by Crippen LogP contribution is 2.30. The zero-order valence-electron chi connectivity index (χ0n) is 12.3. The van der Waals surface area contributed by atoms with Crippen molar-refractivity contribution in [3.05, 3.63) is 29.7 Å². The molecule has 1 fully saturated rings. The van der Waals surface area contributed by atoms with Gasteiger partial charge in [-0.05, 0) is 26.8 Å². The van der Waals surface area contributed by atoms with Gasteiger partial charge in [-0.25, -0.2) is 9.59 Å². The van der Waals surface area contributed by atoms with E-state index in [0.717, 1.165) is 0 Å². The number of aromatic nitrogens is 1. The lowest BCUT2D eigenvalue weighted by molar-refractivity contribution is -0.132. The van der Waals surface area contributed by atoms with Gasteiger partial charge >= 0.3 is 12.0 Å². The average Bonchev–Trinajstić information content (AvgIpc) is 2.67. The molecule has 1 aliphatic heterocycles. The fourth-order valence-electron chi connectivity index (χ4n) is 2.16. The normalized spacial score (nSPS) is 25.7. The van der Waals surface area contributed by atoms with Crippen LogP contribution in [0, 0.1) is 5.21 Å². The molecule has 1 aliphatic rings. The van der Waals surface area contributed by atoms with Crippen molar-refractivity contribution in [2.45, 2.75) is 38.8 Å². The number of hydrogen-bond donors (Lipinski definition) is 1. The van der Waals surface area contributed by atoms with Crippen LogP contribution in [-0.4, -0.2) is 35.2 Å². The first-order valence-corrected chi connectivity index (χ1v) is 6.75. The fraction of sp³-hybridized carbons (Fsp3) is 0.500. The van der Waals surface area contributed by atoms with Crippen LogP contribution in [0.2, 0.25) is 0 Å². The predicted molar refractivity (Wildman–Crippen MR) is 77.0 cm³/mol. The summed E-state index contributed by atoms with van der Waals surface area (Å²) in [6.45, 7) is 5.44. The summed E-state index contributed by atoms with van der Waals surface area (Å²) in [5.41, 5.74) is -0.212. The minimum Gasteiger partial charge on any atom is -0.620 e. The van der Waals surface area contributed by atoms with E-state index < -0.39 is 28.3 Å². The van der Waals surface area contributed by atoms with E-state index in [9.17, 15) is 14.8 Å². The van der Waals surface area contributed by atoms with Crippen molar-refractivity contribution in [1.29, 1.82) is 0 Å². The van der Waals surface area contributed by atoms with Gasteiger partial charge in [-0.1, -0.05) is 0 Å². The summed E-state index contributed by atoms with van der Waals surface area (Å²) < 4.78 is 3.94. The Bertz CT molecular complexity index is 541. The number of ether oxygens (including phenoxy) is 1. The van der Waals surface area contributed by atoms with Crippen LogP contribution in [0.25, 0.3) is 0 Å². The molecule has 2 unspecified atom stereocenters. The van der Waals surface area contributed by atoms with Gasteiger partial charge < -0.3 is 15.3 Å². The molecule has 2 amide bonds. The molecule has 1 aromatic rings. The second-order valence-corrected chi connectivity index (χ2v) is 6.07. The molecule has 0 radical (unpaired) electrons. The number of hydroxylamine groups is 2. The molecule has 0 bridgehead atoms. The molecular weight excluding hydrogens is 274 g/mol. The number of hydrogen-bond acceptors (Lipinski definition) is 5. The van der Waals surface area contributed by atoms with Crippen LogP contribution in [0.5, 0.6) is 0 Å². The topological polar surface area (TPSA) is 91.3 Å². The first-order valence-electron chi connectivity index (χ1n) is 6.75. The Morgan fingerprint density at radius 3 is 2.81 bits per heavy atom. The van der Waals surface area contributed by atoms with Crippen LogP contribution in [0.3, 0.4) is 0 Å². The van der Waals surface area contributed by atoms with Crippen molar-refractivity contribution in [3.63, 3.8) is 0 Å². The van der Waals surface area contributed by atoms with Gasteiger partial charge in [-0.3, -0.25) is 9.63 Å². The molecule has 2 heterocycles. The Hall–Kier alpha value is -1.99.